The molecule has 0 aromatic carbocycles. The van der Waals surface area contributed by atoms with Gasteiger partial charge in [0.05, 0.1) is 6.04 Å². The summed E-state index contributed by atoms with van der Waals surface area (Å²) in [5, 5.41) is 5.39. The molecule has 0 bridgehead atoms. The Hall–Kier alpha value is -1.16. The Morgan fingerprint density at radius 1 is 1.53 bits per heavy atom. The van der Waals surface area contributed by atoms with E-state index < -0.39 is 5.91 Å². The van der Waals surface area contributed by atoms with Crippen LogP contribution in [0.5, 0.6) is 0 Å². The van der Waals surface area contributed by atoms with E-state index in [-0.39, 0.29) is 11.8 Å². The molecule has 1 unspecified atom stereocenters. The van der Waals surface area contributed by atoms with Gasteiger partial charge in [0.15, 0.2) is 0 Å². The van der Waals surface area contributed by atoms with Gasteiger partial charge in [-0.1, -0.05) is 18.9 Å². The smallest absolute Gasteiger partial charge is 0.289 e. The van der Waals surface area contributed by atoms with Crippen molar-refractivity contribution in [3.8, 4) is 0 Å². The predicted octanol–water partition coefficient (Wildman–Crippen LogP) is 0.246. The quantitative estimate of drug-likeness (QED) is 0.467. The number of Topliss-reactive ketones (excluding diaryl/α,β-unsaturated/α-hetero) is 1. The van der Waals surface area contributed by atoms with Gasteiger partial charge in [0.2, 0.25) is 5.78 Å². The van der Waals surface area contributed by atoms with Crippen LogP contribution in [0, 0.1) is 5.92 Å². The summed E-state index contributed by atoms with van der Waals surface area (Å²) in [6.07, 6.45) is 4.69. The Morgan fingerprint density at radius 3 is 2.67 bits per heavy atom. The summed E-state index contributed by atoms with van der Waals surface area (Å²) >= 11 is 0. The first-order valence-corrected chi connectivity index (χ1v) is 5.29. The van der Waals surface area contributed by atoms with E-state index in [0.29, 0.717) is 12.5 Å². The summed E-state index contributed by atoms with van der Waals surface area (Å²) in [5.41, 5.74) is 0. The molecule has 1 atom stereocenters. The second-order valence-electron chi connectivity index (χ2n) is 3.88. The van der Waals surface area contributed by atoms with Crippen LogP contribution in [0.4, 0.5) is 0 Å². The molecule has 0 radical (unpaired) electrons. The van der Waals surface area contributed by atoms with Crippen molar-refractivity contribution in [3.63, 3.8) is 0 Å². The van der Waals surface area contributed by atoms with Crippen molar-refractivity contribution < 1.29 is 9.59 Å². The average molecular weight is 210 g/mol. The molecular weight excluding hydrogens is 192 g/mol. The van der Waals surface area contributed by atoms with Crippen LogP contribution in [0.25, 0.3) is 0 Å². The number of carbonyl (C=O) groups excluding carboxylic acids is 2. The lowest BCUT2D eigenvalue weighted by molar-refractivity contribution is -0.139. The van der Waals surface area contributed by atoms with Crippen LogP contribution in [-0.4, -0.2) is 31.3 Å². The number of hydrogen-bond donors (Lipinski definition) is 2. The first-order chi connectivity index (χ1) is 7.19. The van der Waals surface area contributed by atoms with E-state index in [2.05, 4.69) is 17.2 Å². The van der Waals surface area contributed by atoms with Crippen molar-refractivity contribution in [1.82, 2.24) is 10.6 Å². The Bertz CT molecular complexity index is 259. The second-order valence-corrected chi connectivity index (χ2v) is 3.88. The monoisotopic (exact) mass is 210 g/mol. The number of hydrogen-bond acceptors (Lipinski definition) is 3. The highest BCUT2D eigenvalue weighted by atomic mass is 16.2. The summed E-state index contributed by atoms with van der Waals surface area (Å²) in [6, 6.07) is -0.331. The number of likely N-dealkylation sites (N-methyl/N-ethyl adjacent to an activating group) is 1. The number of nitrogens with one attached hydrogen (secondary N) is 2. The van der Waals surface area contributed by atoms with Crippen molar-refractivity contribution in [2.75, 3.05) is 13.6 Å². The SMILES string of the molecule is C=CCNC(=O)C(=O)C(CC1CC1)NC. The van der Waals surface area contributed by atoms with E-state index in [9.17, 15) is 9.59 Å². The van der Waals surface area contributed by atoms with Gasteiger partial charge in [0.25, 0.3) is 5.91 Å². The molecule has 1 rings (SSSR count). The van der Waals surface area contributed by atoms with E-state index in [1.165, 1.54) is 12.8 Å². The Balaban J connectivity index is 2.39. The number of ketones is 1. The van der Waals surface area contributed by atoms with Gasteiger partial charge >= 0.3 is 0 Å². The van der Waals surface area contributed by atoms with Crippen molar-refractivity contribution in [3.05, 3.63) is 12.7 Å². The average Bonchev–Trinajstić information content (AvgIpc) is 3.05. The molecule has 4 heteroatoms. The van der Waals surface area contributed by atoms with Crippen LogP contribution in [0.2, 0.25) is 0 Å². The lowest BCUT2D eigenvalue weighted by atomic mass is 10.1. The van der Waals surface area contributed by atoms with Crippen LogP contribution in [0.3, 0.4) is 0 Å². The van der Waals surface area contributed by atoms with Crippen molar-refractivity contribution in [1.29, 1.82) is 0 Å². The fourth-order valence-corrected chi connectivity index (χ4v) is 1.45. The summed E-state index contributed by atoms with van der Waals surface area (Å²) in [6.45, 7) is 3.81. The van der Waals surface area contributed by atoms with Crippen molar-refractivity contribution in [2.45, 2.75) is 25.3 Å². The fourth-order valence-electron chi connectivity index (χ4n) is 1.45. The van der Waals surface area contributed by atoms with Gasteiger partial charge < -0.3 is 10.6 Å². The maximum Gasteiger partial charge on any atom is 0.289 e. The van der Waals surface area contributed by atoms with Crippen LogP contribution >= 0.6 is 0 Å². The minimum absolute atomic E-state index is 0.331. The molecule has 84 valence electrons. The van der Waals surface area contributed by atoms with Crippen LogP contribution < -0.4 is 10.6 Å². The summed E-state index contributed by atoms with van der Waals surface area (Å²) in [5.74, 6) is -0.264. The van der Waals surface area contributed by atoms with Gasteiger partial charge in [-0.3, -0.25) is 9.59 Å². The van der Waals surface area contributed by atoms with Gasteiger partial charge in [-0.25, -0.2) is 0 Å². The van der Waals surface area contributed by atoms with E-state index in [0.717, 1.165) is 6.42 Å². The van der Waals surface area contributed by atoms with Crippen molar-refractivity contribution >= 4 is 11.7 Å². The molecule has 2 N–H and O–H groups in total. The fraction of sp³-hybridized carbons (Fsp3) is 0.636. The molecule has 1 saturated carbocycles. The topological polar surface area (TPSA) is 58.2 Å². The third kappa shape index (κ3) is 3.83. The molecule has 0 aromatic rings. The minimum atomic E-state index is -0.519. The predicted molar refractivity (Wildman–Crippen MR) is 58.4 cm³/mol. The minimum Gasteiger partial charge on any atom is -0.346 e. The number of amides is 1. The molecule has 0 saturated heterocycles. The molecule has 0 heterocycles. The Labute approximate surface area is 90.1 Å². The summed E-state index contributed by atoms with van der Waals surface area (Å²) < 4.78 is 0. The summed E-state index contributed by atoms with van der Waals surface area (Å²) in [4.78, 5) is 23.0. The Kier molecular flexibility index (Phi) is 4.49. The molecule has 0 aromatic heterocycles. The largest absolute Gasteiger partial charge is 0.346 e. The van der Waals surface area contributed by atoms with Crippen LogP contribution in [0.1, 0.15) is 19.3 Å². The molecule has 0 spiro atoms. The van der Waals surface area contributed by atoms with Gasteiger partial charge in [-0.05, 0) is 19.4 Å². The molecule has 1 fully saturated rings. The first-order valence-electron chi connectivity index (χ1n) is 5.29. The van der Waals surface area contributed by atoms with E-state index in [1.807, 2.05) is 0 Å². The van der Waals surface area contributed by atoms with Gasteiger partial charge in [0, 0.05) is 6.54 Å². The van der Waals surface area contributed by atoms with E-state index >= 15 is 0 Å². The molecule has 0 aliphatic heterocycles. The van der Waals surface area contributed by atoms with Crippen molar-refractivity contribution in [2.24, 2.45) is 5.92 Å². The van der Waals surface area contributed by atoms with E-state index in [4.69, 9.17) is 0 Å². The van der Waals surface area contributed by atoms with Gasteiger partial charge in [-0.2, -0.15) is 0 Å². The lowest BCUT2D eigenvalue weighted by Crippen LogP contribution is -2.44. The molecule has 1 amide bonds. The maximum absolute atomic E-state index is 11.6. The second kappa shape index (κ2) is 5.66. The first kappa shape index (κ1) is 11.9. The number of rotatable bonds is 7. The highest BCUT2D eigenvalue weighted by Crippen LogP contribution is 2.33. The Morgan fingerprint density at radius 2 is 2.20 bits per heavy atom. The summed E-state index contributed by atoms with van der Waals surface area (Å²) in [7, 11) is 1.71. The third-order valence-corrected chi connectivity index (χ3v) is 2.56. The zero-order chi connectivity index (χ0) is 11.3. The van der Waals surface area contributed by atoms with Gasteiger partial charge in [-0.15, -0.1) is 6.58 Å². The normalized spacial score (nSPS) is 16.9. The molecule has 4 nitrogen and oxygen atoms in total. The molecule has 15 heavy (non-hydrogen) atoms. The zero-order valence-corrected chi connectivity index (χ0v) is 9.08. The van der Waals surface area contributed by atoms with Crippen LogP contribution in [0.15, 0.2) is 12.7 Å². The highest BCUT2D eigenvalue weighted by molar-refractivity contribution is 6.38. The standard InChI is InChI=1S/C11H18N2O2/c1-3-6-13-11(15)10(14)9(12-2)7-8-4-5-8/h3,8-9,12H,1,4-7H2,2H3,(H,13,15). The van der Waals surface area contributed by atoms with Crippen LogP contribution in [-0.2, 0) is 9.59 Å². The highest BCUT2D eigenvalue weighted by Gasteiger charge is 2.30. The number of carbonyl (C=O) groups is 2. The maximum atomic E-state index is 11.6. The lowest BCUT2D eigenvalue weighted by Gasteiger charge is -2.13. The third-order valence-electron chi connectivity index (χ3n) is 2.56. The zero-order valence-electron chi connectivity index (χ0n) is 9.08. The molecular formula is C11H18N2O2. The van der Waals surface area contributed by atoms with Gasteiger partial charge in [0.1, 0.15) is 0 Å². The molecule has 1 aliphatic carbocycles. The van der Waals surface area contributed by atoms with E-state index in [1.54, 1.807) is 13.1 Å². The molecule has 1 aliphatic rings.